The highest BCUT2D eigenvalue weighted by Gasteiger charge is 2.36. The fourth-order valence-corrected chi connectivity index (χ4v) is 2.87. The molecule has 0 unspecified atom stereocenters. The van der Waals surface area contributed by atoms with Crippen molar-refractivity contribution >= 4 is 11.8 Å². The molecule has 0 aromatic carbocycles. The molecule has 0 saturated carbocycles. The van der Waals surface area contributed by atoms with Gasteiger partial charge in [0.2, 0.25) is 5.91 Å². The van der Waals surface area contributed by atoms with Crippen LogP contribution in [0.1, 0.15) is 33.6 Å². The van der Waals surface area contributed by atoms with Crippen LogP contribution >= 0.6 is 0 Å². The van der Waals surface area contributed by atoms with Gasteiger partial charge in [-0.3, -0.25) is 9.59 Å². The Morgan fingerprint density at radius 2 is 1.67 bits per heavy atom. The van der Waals surface area contributed by atoms with E-state index in [0.717, 1.165) is 12.8 Å². The van der Waals surface area contributed by atoms with Crippen LogP contribution in [0.5, 0.6) is 0 Å². The monoisotopic (exact) mass is 297 g/mol. The second-order valence-corrected chi connectivity index (χ2v) is 6.93. The van der Waals surface area contributed by atoms with Crippen molar-refractivity contribution in [1.29, 1.82) is 0 Å². The molecule has 2 heterocycles. The Kier molecular flexibility index (Phi) is 4.88. The molecule has 2 rings (SSSR count). The number of nitrogens with zero attached hydrogens (tertiary/aromatic N) is 2. The summed E-state index contributed by atoms with van der Waals surface area (Å²) in [6, 6.07) is 0. The van der Waals surface area contributed by atoms with Crippen LogP contribution in [-0.4, -0.2) is 66.5 Å². The molecule has 2 saturated heterocycles. The first kappa shape index (κ1) is 16.2. The number of ether oxygens (including phenoxy) is 1. The summed E-state index contributed by atoms with van der Waals surface area (Å²) in [7, 11) is 0. The van der Waals surface area contributed by atoms with Crippen LogP contribution in [0.25, 0.3) is 0 Å². The van der Waals surface area contributed by atoms with Gasteiger partial charge < -0.3 is 20.3 Å². The van der Waals surface area contributed by atoms with Gasteiger partial charge in [-0.1, -0.05) is 20.8 Å². The zero-order valence-electron chi connectivity index (χ0n) is 13.3. The molecule has 2 fully saturated rings. The van der Waals surface area contributed by atoms with Crippen LogP contribution in [0.3, 0.4) is 0 Å². The highest BCUT2D eigenvalue weighted by molar-refractivity contribution is 5.83. The van der Waals surface area contributed by atoms with E-state index in [0.29, 0.717) is 32.7 Å². The van der Waals surface area contributed by atoms with Crippen molar-refractivity contribution in [3.63, 3.8) is 0 Å². The van der Waals surface area contributed by atoms with Crippen LogP contribution in [0, 0.1) is 5.41 Å². The van der Waals surface area contributed by atoms with E-state index in [1.54, 1.807) is 0 Å². The van der Waals surface area contributed by atoms with Crippen LogP contribution in [0.4, 0.5) is 0 Å². The van der Waals surface area contributed by atoms with Crippen molar-refractivity contribution in [2.24, 2.45) is 11.1 Å². The summed E-state index contributed by atoms with van der Waals surface area (Å²) in [5, 5.41) is 0. The lowest BCUT2D eigenvalue weighted by atomic mass is 9.94. The van der Waals surface area contributed by atoms with E-state index in [2.05, 4.69) is 0 Å². The van der Waals surface area contributed by atoms with Gasteiger partial charge >= 0.3 is 0 Å². The second-order valence-electron chi connectivity index (χ2n) is 6.93. The summed E-state index contributed by atoms with van der Waals surface area (Å²) in [5.74, 6) is 0.198. The van der Waals surface area contributed by atoms with Crippen molar-refractivity contribution in [2.45, 2.75) is 45.8 Å². The summed E-state index contributed by atoms with van der Waals surface area (Å²) in [6.45, 7) is 8.63. The third-order valence-electron chi connectivity index (χ3n) is 4.17. The Morgan fingerprint density at radius 3 is 2.14 bits per heavy atom. The average molecular weight is 297 g/mol. The lowest BCUT2D eigenvalue weighted by Crippen LogP contribution is -2.54. The smallest absolute Gasteiger partial charge is 0.251 e. The number of rotatable bonds is 2. The summed E-state index contributed by atoms with van der Waals surface area (Å²) in [4.78, 5) is 28.3. The van der Waals surface area contributed by atoms with E-state index in [4.69, 9.17) is 10.5 Å². The molecular formula is C15H27N3O3. The molecular weight excluding hydrogens is 270 g/mol. The predicted octanol–water partition coefficient (Wildman–Crippen LogP) is 0.210. The Morgan fingerprint density at radius 1 is 1.10 bits per heavy atom. The molecule has 6 nitrogen and oxygen atoms in total. The van der Waals surface area contributed by atoms with Gasteiger partial charge in [0.15, 0.2) is 0 Å². The van der Waals surface area contributed by atoms with E-state index in [1.165, 1.54) is 0 Å². The number of carbonyl (C=O) groups excluding carboxylic acids is 2. The van der Waals surface area contributed by atoms with Gasteiger partial charge in [0, 0.05) is 38.1 Å². The van der Waals surface area contributed by atoms with Crippen LogP contribution < -0.4 is 5.73 Å². The van der Waals surface area contributed by atoms with Crippen molar-refractivity contribution < 1.29 is 14.3 Å². The van der Waals surface area contributed by atoms with Crippen LogP contribution in [0.2, 0.25) is 0 Å². The molecule has 2 atom stereocenters. The summed E-state index contributed by atoms with van der Waals surface area (Å²) in [6.07, 6.45) is 1.28. The van der Waals surface area contributed by atoms with Gasteiger partial charge in [0.1, 0.15) is 6.10 Å². The van der Waals surface area contributed by atoms with Crippen molar-refractivity contribution in [2.75, 3.05) is 32.7 Å². The van der Waals surface area contributed by atoms with E-state index >= 15 is 0 Å². The fraction of sp³-hybridized carbons (Fsp3) is 0.867. The summed E-state index contributed by atoms with van der Waals surface area (Å²) < 4.78 is 5.66. The van der Waals surface area contributed by atoms with Gasteiger partial charge in [-0.05, 0) is 12.8 Å². The van der Waals surface area contributed by atoms with Gasteiger partial charge in [0.25, 0.3) is 5.91 Å². The molecule has 2 amide bonds. The molecule has 120 valence electrons. The summed E-state index contributed by atoms with van der Waals surface area (Å²) >= 11 is 0. The van der Waals surface area contributed by atoms with Gasteiger partial charge in [-0.2, -0.15) is 0 Å². The van der Waals surface area contributed by atoms with Gasteiger partial charge in [-0.15, -0.1) is 0 Å². The Balaban J connectivity index is 1.84. The van der Waals surface area contributed by atoms with Crippen LogP contribution in [0.15, 0.2) is 0 Å². The molecule has 0 bridgehead atoms. The number of carbonyl (C=O) groups is 2. The molecule has 6 heteroatoms. The first-order chi connectivity index (χ1) is 9.82. The second kappa shape index (κ2) is 6.32. The van der Waals surface area contributed by atoms with Crippen LogP contribution in [-0.2, 0) is 14.3 Å². The van der Waals surface area contributed by atoms with Crippen molar-refractivity contribution in [1.82, 2.24) is 9.80 Å². The highest BCUT2D eigenvalue weighted by Crippen LogP contribution is 2.22. The maximum atomic E-state index is 12.4. The zero-order valence-corrected chi connectivity index (χ0v) is 13.3. The topological polar surface area (TPSA) is 75.9 Å². The molecule has 2 aliphatic rings. The van der Waals surface area contributed by atoms with E-state index in [1.807, 2.05) is 30.6 Å². The largest absolute Gasteiger partial charge is 0.364 e. The zero-order chi connectivity index (χ0) is 15.6. The van der Waals surface area contributed by atoms with E-state index < -0.39 is 0 Å². The Labute approximate surface area is 126 Å². The number of amides is 2. The molecule has 0 aromatic rings. The summed E-state index contributed by atoms with van der Waals surface area (Å²) in [5.41, 5.74) is 5.21. The molecule has 0 aliphatic carbocycles. The molecule has 2 N–H and O–H groups in total. The molecule has 0 spiro atoms. The lowest BCUT2D eigenvalue weighted by molar-refractivity contribution is -0.149. The molecule has 2 aliphatic heterocycles. The van der Waals surface area contributed by atoms with E-state index in [9.17, 15) is 9.59 Å². The SMILES string of the molecule is CC(C)(C)C(=O)N1CCN(C(=O)[C@@H]2CC[C@H](CN)O2)CC1. The third kappa shape index (κ3) is 3.74. The quantitative estimate of drug-likeness (QED) is 0.790. The standard InChI is InChI=1S/C15H27N3O3/c1-15(2,3)14(20)18-8-6-17(7-9-18)13(19)12-5-4-11(10-16)21-12/h11-12H,4-10,16H2,1-3H3/t11-,12+/m1/s1. The highest BCUT2D eigenvalue weighted by atomic mass is 16.5. The number of nitrogens with two attached hydrogens (primary N) is 1. The molecule has 21 heavy (non-hydrogen) atoms. The average Bonchev–Trinajstić information content (AvgIpc) is 2.94. The Hall–Kier alpha value is -1.14. The fourth-order valence-electron chi connectivity index (χ4n) is 2.87. The number of hydrogen-bond acceptors (Lipinski definition) is 4. The van der Waals surface area contributed by atoms with Crippen molar-refractivity contribution in [3.8, 4) is 0 Å². The number of piperazine rings is 1. The minimum atomic E-state index is -0.366. The first-order valence-corrected chi connectivity index (χ1v) is 7.76. The van der Waals surface area contributed by atoms with E-state index in [-0.39, 0.29) is 29.4 Å². The Bertz CT molecular complexity index is 397. The maximum Gasteiger partial charge on any atom is 0.251 e. The minimum Gasteiger partial charge on any atom is -0.364 e. The van der Waals surface area contributed by atoms with Gasteiger partial charge in [0.05, 0.1) is 6.10 Å². The van der Waals surface area contributed by atoms with Gasteiger partial charge in [-0.25, -0.2) is 0 Å². The first-order valence-electron chi connectivity index (χ1n) is 7.76. The third-order valence-corrected chi connectivity index (χ3v) is 4.17. The molecule has 0 radical (unpaired) electrons. The normalized spacial score (nSPS) is 27.0. The lowest BCUT2D eigenvalue weighted by Gasteiger charge is -2.38. The predicted molar refractivity (Wildman–Crippen MR) is 79.6 cm³/mol. The minimum absolute atomic E-state index is 0.0164. The number of hydrogen-bond donors (Lipinski definition) is 1. The van der Waals surface area contributed by atoms with Crippen molar-refractivity contribution in [3.05, 3.63) is 0 Å². The maximum absolute atomic E-state index is 12.4. The molecule has 0 aromatic heterocycles.